The molecule has 0 aromatic heterocycles. The molecule has 4 nitrogen and oxygen atoms in total. The summed E-state index contributed by atoms with van der Waals surface area (Å²) in [7, 11) is 0. The summed E-state index contributed by atoms with van der Waals surface area (Å²) in [5, 5.41) is 3.00. The summed E-state index contributed by atoms with van der Waals surface area (Å²) in [4.78, 5) is 14.3. The second-order valence-corrected chi connectivity index (χ2v) is 5.20. The molecule has 0 aromatic carbocycles. The number of hydrogen-bond acceptors (Lipinski definition) is 3. The van der Waals surface area contributed by atoms with E-state index in [9.17, 15) is 4.79 Å². The molecule has 1 unspecified atom stereocenters. The minimum Gasteiger partial charge on any atom is -0.392 e. The Morgan fingerprint density at radius 3 is 2.75 bits per heavy atom. The molecule has 1 heterocycles. The maximum Gasteiger partial charge on any atom is 0.234 e. The predicted octanol–water partition coefficient (Wildman–Crippen LogP) is 0.406. The molecule has 0 aromatic rings. The zero-order chi connectivity index (χ0) is 11.5. The Morgan fingerprint density at radius 1 is 1.38 bits per heavy atom. The first kappa shape index (κ1) is 11.8. The van der Waals surface area contributed by atoms with Crippen LogP contribution in [-0.2, 0) is 4.79 Å². The Hall–Kier alpha value is -0.680. The lowest BCUT2D eigenvalue weighted by Gasteiger charge is -2.34. The van der Waals surface area contributed by atoms with Gasteiger partial charge in [0.05, 0.1) is 17.6 Å². The zero-order valence-corrected chi connectivity index (χ0v) is 10.3. The third-order valence-electron chi connectivity index (χ3n) is 3.23. The number of hydrogen-bond donors (Lipinski definition) is 2. The van der Waals surface area contributed by atoms with Crippen LogP contribution in [0.5, 0.6) is 0 Å². The molecule has 2 rings (SSSR count). The zero-order valence-electron chi connectivity index (χ0n) is 9.45. The highest BCUT2D eigenvalue weighted by Gasteiger charge is 2.28. The largest absolute Gasteiger partial charge is 0.392 e. The number of nitrogens with two attached hydrogens (primary N) is 1. The lowest BCUT2D eigenvalue weighted by atomic mass is 10.0. The highest BCUT2D eigenvalue weighted by atomic mass is 32.1. The van der Waals surface area contributed by atoms with E-state index < -0.39 is 0 Å². The van der Waals surface area contributed by atoms with E-state index in [1.165, 1.54) is 0 Å². The van der Waals surface area contributed by atoms with Crippen LogP contribution in [0.3, 0.4) is 0 Å². The van der Waals surface area contributed by atoms with Crippen LogP contribution in [0.2, 0.25) is 0 Å². The number of piperidine rings is 1. The van der Waals surface area contributed by atoms with Gasteiger partial charge in [-0.3, -0.25) is 9.69 Å². The van der Waals surface area contributed by atoms with Crippen molar-refractivity contribution in [2.75, 3.05) is 13.1 Å². The van der Waals surface area contributed by atoms with Crippen molar-refractivity contribution in [2.45, 2.75) is 44.2 Å². The summed E-state index contributed by atoms with van der Waals surface area (Å²) in [6, 6.07) is 0.550. The summed E-state index contributed by atoms with van der Waals surface area (Å²) in [5.41, 5.74) is 5.70. The number of rotatable bonds is 4. The topological polar surface area (TPSA) is 58.4 Å². The number of carbonyl (C=O) groups excluding carboxylic acids is 1. The molecule has 2 fully saturated rings. The Balaban J connectivity index is 1.84. The van der Waals surface area contributed by atoms with E-state index in [-0.39, 0.29) is 11.9 Å². The molecule has 1 saturated heterocycles. The van der Waals surface area contributed by atoms with Crippen molar-refractivity contribution < 1.29 is 4.79 Å². The lowest BCUT2D eigenvalue weighted by Crippen LogP contribution is -2.50. The fraction of sp³-hybridized carbons (Fsp3) is 0.818. The quantitative estimate of drug-likeness (QED) is 0.700. The average molecular weight is 241 g/mol. The summed E-state index contributed by atoms with van der Waals surface area (Å²) in [5.74, 6) is 0.116. The molecule has 5 heteroatoms. The summed E-state index contributed by atoms with van der Waals surface area (Å²) < 4.78 is 0. The van der Waals surface area contributed by atoms with E-state index in [0.29, 0.717) is 17.6 Å². The fourth-order valence-electron chi connectivity index (χ4n) is 2.19. The van der Waals surface area contributed by atoms with Gasteiger partial charge in [0.2, 0.25) is 5.91 Å². The van der Waals surface area contributed by atoms with Gasteiger partial charge in [0.25, 0.3) is 0 Å². The van der Waals surface area contributed by atoms with E-state index in [2.05, 4.69) is 10.2 Å². The molecule has 1 atom stereocenters. The molecule has 0 radical (unpaired) electrons. The van der Waals surface area contributed by atoms with Gasteiger partial charge in [-0.05, 0) is 32.2 Å². The summed E-state index contributed by atoms with van der Waals surface area (Å²) >= 11 is 5.05. The molecule has 1 amide bonds. The lowest BCUT2D eigenvalue weighted by molar-refractivity contribution is -0.122. The molecule has 3 N–H and O–H groups in total. The number of nitrogens with zero attached hydrogens (tertiary/aromatic N) is 1. The van der Waals surface area contributed by atoms with Gasteiger partial charge in [-0.15, -0.1) is 0 Å². The Bertz CT molecular complexity index is 291. The average Bonchev–Trinajstić information content (AvgIpc) is 3.02. The molecular weight excluding hydrogens is 222 g/mol. The van der Waals surface area contributed by atoms with Crippen LogP contribution < -0.4 is 11.1 Å². The van der Waals surface area contributed by atoms with E-state index in [1.807, 2.05) is 0 Å². The molecule has 0 spiro atoms. The normalized spacial score (nSPS) is 26.4. The van der Waals surface area contributed by atoms with Gasteiger partial charge in [-0.1, -0.05) is 18.6 Å². The number of carbonyl (C=O) groups is 1. The van der Waals surface area contributed by atoms with E-state index in [0.717, 1.165) is 38.6 Å². The maximum absolute atomic E-state index is 11.7. The number of likely N-dealkylation sites (tertiary alicyclic amines) is 1. The van der Waals surface area contributed by atoms with Crippen LogP contribution in [0, 0.1) is 0 Å². The third-order valence-corrected chi connectivity index (χ3v) is 3.50. The van der Waals surface area contributed by atoms with Crippen LogP contribution >= 0.6 is 12.2 Å². The minimum atomic E-state index is 0.116. The first-order valence-electron chi connectivity index (χ1n) is 5.99. The van der Waals surface area contributed by atoms with E-state index in [4.69, 9.17) is 18.0 Å². The molecule has 90 valence electrons. The fourth-order valence-corrected chi connectivity index (χ4v) is 2.45. The molecule has 0 bridgehead atoms. The first-order chi connectivity index (χ1) is 7.66. The monoisotopic (exact) mass is 241 g/mol. The van der Waals surface area contributed by atoms with E-state index >= 15 is 0 Å². The van der Waals surface area contributed by atoms with E-state index in [1.54, 1.807) is 0 Å². The first-order valence-corrected chi connectivity index (χ1v) is 6.40. The van der Waals surface area contributed by atoms with Crippen LogP contribution in [0.4, 0.5) is 0 Å². The highest BCUT2D eigenvalue weighted by molar-refractivity contribution is 7.80. The van der Waals surface area contributed by atoms with Gasteiger partial charge in [0, 0.05) is 6.04 Å². The van der Waals surface area contributed by atoms with Gasteiger partial charge in [-0.25, -0.2) is 0 Å². The van der Waals surface area contributed by atoms with Crippen LogP contribution in [0.1, 0.15) is 32.1 Å². The van der Waals surface area contributed by atoms with Crippen molar-refractivity contribution in [3.63, 3.8) is 0 Å². The molecular formula is C11H19N3OS. The van der Waals surface area contributed by atoms with Gasteiger partial charge >= 0.3 is 0 Å². The van der Waals surface area contributed by atoms with Crippen molar-refractivity contribution in [1.82, 2.24) is 10.2 Å². The van der Waals surface area contributed by atoms with Gasteiger partial charge in [0.1, 0.15) is 0 Å². The van der Waals surface area contributed by atoms with Crippen molar-refractivity contribution in [1.29, 1.82) is 0 Å². The van der Waals surface area contributed by atoms with Crippen molar-refractivity contribution in [3.8, 4) is 0 Å². The smallest absolute Gasteiger partial charge is 0.234 e. The van der Waals surface area contributed by atoms with Crippen molar-refractivity contribution in [3.05, 3.63) is 0 Å². The second-order valence-electron chi connectivity index (χ2n) is 4.73. The molecule has 2 aliphatic rings. The minimum absolute atomic E-state index is 0.116. The number of thiocarbonyl (C=S) groups is 1. The van der Waals surface area contributed by atoms with Crippen LogP contribution in [0.15, 0.2) is 0 Å². The Labute approximate surface area is 102 Å². The SMILES string of the molecule is NC(=S)C1CCCCN1CC(=O)NC1CC1. The van der Waals surface area contributed by atoms with Crippen molar-refractivity contribution in [2.24, 2.45) is 5.73 Å². The van der Waals surface area contributed by atoms with Crippen LogP contribution in [-0.4, -0.2) is 41.0 Å². The predicted molar refractivity (Wildman–Crippen MR) is 67.2 cm³/mol. The standard InChI is InChI=1S/C11H19N3OS/c12-11(16)9-3-1-2-6-14(9)7-10(15)13-8-4-5-8/h8-9H,1-7H2,(H2,12,16)(H,13,15). The Kier molecular flexibility index (Phi) is 3.76. The maximum atomic E-state index is 11.7. The Morgan fingerprint density at radius 2 is 2.12 bits per heavy atom. The summed E-state index contributed by atoms with van der Waals surface area (Å²) in [6.45, 7) is 1.37. The molecule has 1 saturated carbocycles. The summed E-state index contributed by atoms with van der Waals surface area (Å²) in [6.07, 6.45) is 5.54. The molecule has 1 aliphatic carbocycles. The highest BCUT2D eigenvalue weighted by Crippen LogP contribution is 2.20. The van der Waals surface area contributed by atoms with Crippen LogP contribution in [0.25, 0.3) is 0 Å². The molecule has 16 heavy (non-hydrogen) atoms. The molecule has 1 aliphatic heterocycles. The van der Waals surface area contributed by atoms with Gasteiger partial charge in [0.15, 0.2) is 0 Å². The van der Waals surface area contributed by atoms with Crippen molar-refractivity contribution >= 4 is 23.1 Å². The second kappa shape index (κ2) is 5.10. The number of amides is 1. The van der Waals surface area contributed by atoms with Gasteiger partial charge < -0.3 is 11.1 Å². The van der Waals surface area contributed by atoms with Gasteiger partial charge in [-0.2, -0.15) is 0 Å². The third kappa shape index (κ3) is 3.15. The number of nitrogens with one attached hydrogen (secondary N) is 1.